The van der Waals surface area contributed by atoms with E-state index in [2.05, 4.69) is 20.6 Å². The zero-order chi connectivity index (χ0) is 20.1. The van der Waals surface area contributed by atoms with Crippen LogP contribution in [0, 0.1) is 5.92 Å². The maximum Gasteiger partial charge on any atom is 0.433 e. The number of nitrogens with zero attached hydrogens (tertiary/aromatic N) is 2. The number of carbonyl (C=O) groups is 1. The second-order valence-corrected chi connectivity index (χ2v) is 7.10. The topological polar surface area (TPSA) is 96.4 Å². The van der Waals surface area contributed by atoms with Gasteiger partial charge in [0.1, 0.15) is 5.60 Å². The second kappa shape index (κ2) is 8.52. The number of aromatic nitrogens is 2. The molecular formula is C16H25F3N4O3. The fourth-order valence-electron chi connectivity index (χ4n) is 1.96. The molecular weight excluding hydrogens is 353 g/mol. The second-order valence-electron chi connectivity index (χ2n) is 7.10. The molecule has 0 radical (unpaired) electrons. The molecule has 0 aliphatic rings. The SMILES string of the molecule is CC(C)[C@H](CNC(=O)OC(C)(C)C)Nc1ncc(CO)c(C(F)(F)F)n1. The highest BCUT2D eigenvalue weighted by Gasteiger charge is 2.36. The van der Waals surface area contributed by atoms with Crippen LogP contribution < -0.4 is 10.6 Å². The zero-order valence-corrected chi connectivity index (χ0v) is 15.4. The van der Waals surface area contributed by atoms with E-state index in [1.165, 1.54) is 0 Å². The van der Waals surface area contributed by atoms with Crippen LogP contribution in [0.15, 0.2) is 6.20 Å². The van der Waals surface area contributed by atoms with Gasteiger partial charge in [0.2, 0.25) is 5.95 Å². The Morgan fingerprint density at radius 2 is 1.92 bits per heavy atom. The Balaban J connectivity index is 2.86. The molecule has 1 atom stereocenters. The Labute approximate surface area is 150 Å². The van der Waals surface area contributed by atoms with Gasteiger partial charge in [-0.2, -0.15) is 13.2 Å². The summed E-state index contributed by atoms with van der Waals surface area (Å²) in [7, 11) is 0. The number of ether oxygens (including phenoxy) is 1. The number of hydrogen-bond acceptors (Lipinski definition) is 6. The van der Waals surface area contributed by atoms with Crippen molar-refractivity contribution in [2.45, 2.75) is 59.0 Å². The standard InChI is InChI=1S/C16H25F3N4O3/c1-9(2)11(7-21-14(25)26-15(3,4)5)22-13-20-6-10(8-24)12(23-13)16(17,18)19/h6,9,11,24H,7-8H2,1-5H3,(H,21,25)(H,20,22,23)/t11-/m0/s1. The van der Waals surface area contributed by atoms with E-state index in [0.29, 0.717) is 0 Å². The normalized spacial score (nSPS) is 13.5. The van der Waals surface area contributed by atoms with E-state index in [9.17, 15) is 18.0 Å². The summed E-state index contributed by atoms with van der Waals surface area (Å²) in [5.41, 5.74) is -2.26. The van der Waals surface area contributed by atoms with Gasteiger partial charge in [-0.05, 0) is 26.7 Å². The summed E-state index contributed by atoms with van der Waals surface area (Å²) in [5, 5.41) is 14.4. The van der Waals surface area contributed by atoms with Crippen molar-refractivity contribution < 1.29 is 27.8 Å². The van der Waals surface area contributed by atoms with Crippen LogP contribution in [0.3, 0.4) is 0 Å². The highest BCUT2D eigenvalue weighted by molar-refractivity contribution is 5.67. The monoisotopic (exact) mass is 378 g/mol. The van der Waals surface area contributed by atoms with E-state index in [1.54, 1.807) is 20.8 Å². The van der Waals surface area contributed by atoms with Crippen LogP contribution in [0.5, 0.6) is 0 Å². The average Bonchev–Trinajstić information content (AvgIpc) is 2.48. The van der Waals surface area contributed by atoms with Crippen molar-refractivity contribution in [1.29, 1.82) is 0 Å². The minimum atomic E-state index is -4.71. The van der Waals surface area contributed by atoms with Gasteiger partial charge in [-0.15, -0.1) is 0 Å². The number of anilines is 1. The van der Waals surface area contributed by atoms with Gasteiger partial charge in [0.15, 0.2) is 5.69 Å². The lowest BCUT2D eigenvalue weighted by Crippen LogP contribution is -2.42. The van der Waals surface area contributed by atoms with Crippen molar-refractivity contribution in [2.24, 2.45) is 5.92 Å². The Morgan fingerprint density at radius 3 is 2.38 bits per heavy atom. The molecule has 1 heterocycles. The zero-order valence-electron chi connectivity index (χ0n) is 15.4. The molecule has 0 spiro atoms. The van der Waals surface area contributed by atoms with Crippen molar-refractivity contribution in [2.75, 3.05) is 11.9 Å². The summed E-state index contributed by atoms with van der Waals surface area (Å²) < 4.78 is 44.2. The minimum absolute atomic E-state index is 0.0413. The molecule has 26 heavy (non-hydrogen) atoms. The lowest BCUT2D eigenvalue weighted by Gasteiger charge is -2.25. The van der Waals surface area contributed by atoms with Crippen LogP contribution in [0.2, 0.25) is 0 Å². The maximum absolute atomic E-state index is 13.0. The Morgan fingerprint density at radius 1 is 1.31 bits per heavy atom. The average molecular weight is 378 g/mol. The predicted molar refractivity (Wildman–Crippen MR) is 89.4 cm³/mol. The Bertz CT molecular complexity index is 616. The van der Waals surface area contributed by atoms with E-state index >= 15 is 0 Å². The van der Waals surface area contributed by atoms with Gasteiger partial charge in [-0.25, -0.2) is 14.8 Å². The minimum Gasteiger partial charge on any atom is -0.444 e. The molecule has 10 heteroatoms. The first-order valence-corrected chi connectivity index (χ1v) is 8.11. The molecule has 7 nitrogen and oxygen atoms in total. The molecule has 0 aliphatic carbocycles. The molecule has 0 aliphatic heterocycles. The van der Waals surface area contributed by atoms with E-state index in [4.69, 9.17) is 9.84 Å². The molecule has 148 valence electrons. The van der Waals surface area contributed by atoms with Gasteiger partial charge in [0, 0.05) is 24.3 Å². The summed E-state index contributed by atoms with van der Waals surface area (Å²) in [5.74, 6) is -0.278. The van der Waals surface area contributed by atoms with Crippen LogP contribution in [-0.4, -0.2) is 39.4 Å². The number of alkyl carbamates (subject to hydrolysis) is 1. The maximum atomic E-state index is 13.0. The van der Waals surface area contributed by atoms with E-state index in [1.807, 2.05) is 13.8 Å². The van der Waals surface area contributed by atoms with Crippen LogP contribution >= 0.6 is 0 Å². The number of hydrogen-bond donors (Lipinski definition) is 3. The van der Waals surface area contributed by atoms with Gasteiger partial charge in [0.05, 0.1) is 6.61 Å². The molecule has 0 aromatic carbocycles. The number of halogens is 3. The van der Waals surface area contributed by atoms with Crippen molar-refractivity contribution in [3.05, 3.63) is 17.5 Å². The van der Waals surface area contributed by atoms with E-state index in [0.717, 1.165) is 6.20 Å². The summed E-state index contributed by atoms with van der Waals surface area (Å²) in [6, 6.07) is -0.427. The Hall–Kier alpha value is -2.10. The molecule has 3 N–H and O–H groups in total. The van der Waals surface area contributed by atoms with E-state index < -0.39 is 41.8 Å². The number of rotatable bonds is 6. The smallest absolute Gasteiger partial charge is 0.433 e. The van der Waals surface area contributed by atoms with Crippen LogP contribution in [0.4, 0.5) is 23.9 Å². The molecule has 1 aromatic rings. The first-order chi connectivity index (χ1) is 11.8. The van der Waals surface area contributed by atoms with Gasteiger partial charge >= 0.3 is 12.3 Å². The highest BCUT2D eigenvalue weighted by atomic mass is 19.4. The molecule has 1 amide bonds. The summed E-state index contributed by atoms with van der Waals surface area (Å²) in [6.45, 7) is 8.13. The van der Waals surface area contributed by atoms with Crippen LogP contribution in [-0.2, 0) is 17.5 Å². The summed E-state index contributed by atoms with van der Waals surface area (Å²) >= 11 is 0. The third-order valence-corrected chi connectivity index (χ3v) is 3.29. The van der Waals surface area contributed by atoms with Gasteiger partial charge in [-0.3, -0.25) is 0 Å². The molecule has 0 saturated heterocycles. The summed E-state index contributed by atoms with van der Waals surface area (Å²) in [6.07, 6.45) is -4.41. The third-order valence-electron chi connectivity index (χ3n) is 3.29. The number of aliphatic hydroxyl groups is 1. The highest BCUT2D eigenvalue weighted by Crippen LogP contribution is 2.30. The summed E-state index contributed by atoms with van der Waals surface area (Å²) in [4.78, 5) is 19.0. The van der Waals surface area contributed by atoms with Crippen molar-refractivity contribution in [3.8, 4) is 0 Å². The van der Waals surface area contributed by atoms with Gasteiger partial charge in [-0.1, -0.05) is 13.8 Å². The van der Waals surface area contributed by atoms with Gasteiger partial charge < -0.3 is 20.5 Å². The molecule has 0 unspecified atom stereocenters. The quantitative estimate of drug-likeness (QED) is 0.704. The molecule has 0 bridgehead atoms. The number of carbonyl (C=O) groups excluding carboxylic acids is 1. The molecule has 1 rings (SSSR count). The number of aliphatic hydroxyl groups excluding tert-OH is 1. The fourth-order valence-corrected chi connectivity index (χ4v) is 1.96. The van der Waals surface area contributed by atoms with Crippen LogP contribution in [0.25, 0.3) is 0 Å². The molecule has 0 fully saturated rings. The number of amides is 1. The number of nitrogens with one attached hydrogen (secondary N) is 2. The largest absolute Gasteiger partial charge is 0.444 e. The first-order valence-electron chi connectivity index (χ1n) is 8.11. The van der Waals surface area contributed by atoms with Crippen molar-refractivity contribution >= 4 is 12.0 Å². The van der Waals surface area contributed by atoms with E-state index in [-0.39, 0.29) is 18.4 Å². The van der Waals surface area contributed by atoms with Crippen molar-refractivity contribution in [3.63, 3.8) is 0 Å². The third kappa shape index (κ3) is 7.03. The Kier molecular flexibility index (Phi) is 7.19. The molecule has 0 saturated carbocycles. The number of alkyl halides is 3. The van der Waals surface area contributed by atoms with Crippen molar-refractivity contribution in [1.82, 2.24) is 15.3 Å². The van der Waals surface area contributed by atoms with Crippen LogP contribution in [0.1, 0.15) is 45.9 Å². The van der Waals surface area contributed by atoms with Gasteiger partial charge in [0.25, 0.3) is 0 Å². The predicted octanol–water partition coefficient (Wildman–Crippen LogP) is 2.95. The lowest BCUT2D eigenvalue weighted by atomic mass is 10.0. The fraction of sp³-hybridized carbons (Fsp3) is 0.688. The lowest BCUT2D eigenvalue weighted by molar-refractivity contribution is -0.142. The molecule has 1 aromatic heterocycles. The first kappa shape index (κ1) is 21.9.